The summed E-state index contributed by atoms with van der Waals surface area (Å²) in [6, 6.07) is 3.29. The lowest BCUT2D eigenvalue weighted by Gasteiger charge is -2.27. The van der Waals surface area contributed by atoms with Crippen LogP contribution in [-0.4, -0.2) is 18.2 Å². The van der Waals surface area contributed by atoms with Crippen molar-refractivity contribution in [2.45, 2.75) is 24.9 Å². The Hall–Kier alpha value is -0.160. The van der Waals surface area contributed by atoms with E-state index in [-0.39, 0.29) is 5.02 Å². The molecule has 0 radical (unpaired) electrons. The summed E-state index contributed by atoms with van der Waals surface area (Å²) in [4.78, 5) is 0. The third-order valence-electron chi connectivity index (χ3n) is 3.20. The van der Waals surface area contributed by atoms with E-state index in [1.807, 2.05) is 0 Å². The predicted octanol–water partition coefficient (Wildman–Crippen LogP) is 3.20. The van der Waals surface area contributed by atoms with Gasteiger partial charge in [-0.1, -0.05) is 17.7 Å². The molecule has 2 nitrogen and oxygen atoms in total. The molecular weight excluding hydrogens is 308 g/mol. The van der Waals surface area contributed by atoms with Gasteiger partial charge in [-0.15, -0.1) is 0 Å². The number of hydrogen-bond acceptors (Lipinski definition) is 2. The van der Waals surface area contributed by atoms with Crippen LogP contribution in [0.4, 0.5) is 4.39 Å². The van der Waals surface area contributed by atoms with E-state index in [9.17, 15) is 9.50 Å². The molecule has 2 N–H and O–H groups in total. The highest BCUT2D eigenvalue weighted by Crippen LogP contribution is 2.37. The van der Waals surface area contributed by atoms with Gasteiger partial charge in [-0.25, -0.2) is 4.39 Å². The van der Waals surface area contributed by atoms with Crippen LogP contribution in [0.3, 0.4) is 0 Å². The van der Waals surface area contributed by atoms with Gasteiger partial charge in [-0.3, -0.25) is 0 Å². The second-order valence-electron chi connectivity index (χ2n) is 4.36. The molecule has 1 unspecified atom stereocenters. The average molecular weight is 323 g/mol. The summed E-state index contributed by atoms with van der Waals surface area (Å²) in [5.74, 6) is -0.523. The third kappa shape index (κ3) is 2.65. The molecule has 1 aromatic rings. The van der Waals surface area contributed by atoms with Crippen LogP contribution in [0.2, 0.25) is 5.02 Å². The van der Waals surface area contributed by atoms with Crippen LogP contribution in [0, 0.1) is 5.82 Å². The topological polar surface area (TPSA) is 32.3 Å². The summed E-state index contributed by atoms with van der Waals surface area (Å²) >= 11 is 9.03. The number of aliphatic hydroxyl groups is 1. The highest BCUT2D eigenvalue weighted by atomic mass is 79.9. The van der Waals surface area contributed by atoms with Crippen LogP contribution in [0.15, 0.2) is 16.6 Å². The van der Waals surface area contributed by atoms with Crippen molar-refractivity contribution in [3.63, 3.8) is 0 Å². The van der Waals surface area contributed by atoms with Crippen LogP contribution in [-0.2, 0) is 5.60 Å². The molecule has 0 amide bonds. The fourth-order valence-electron chi connectivity index (χ4n) is 2.21. The van der Waals surface area contributed by atoms with Crippen molar-refractivity contribution in [2.75, 3.05) is 13.1 Å². The Morgan fingerprint density at radius 3 is 2.88 bits per heavy atom. The highest BCUT2D eigenvalue weighted by molar-refractivity contribution is 9.10. The summed E-state index contributed by atoms with van der Waals surface area (Å²) in [5.41, 5.74) is -0.813. The Morgan fingerprint density at radius 2 is 2.12 bits per heavy atom. The lowest BCUT2D eigenvalue weighted by molar-refractivity contribution is 0.0206. The van der Waals surface area contributed by atoms with Crippen molar-refractivity contribution in [1.82, 2.24) is 5.32 Å². The molecule has 1 saturated heterocycles. The van der Waals surface area contributed by atoms with Gasteiger partial charge in [0.1, 0.15) is 5.82 Å². The van der Waals surface area contributed by atoms with Crippen molar-refractivity contribution >= 4 is 27.5 Å². The van der Waals surface area contributed by atoms with Gasteiger partial charge in [0, 0.05) is 10.0 Å². The molecule has 1 aliphatic rings. The van der Waals surface area contributed by atoms with E-state index in [1.54, 1.807) is 12.1 Å². The number of rotatable bonds is 1. The maximum Gasteiger partial charge on any atom is 0.149 e. The van der Waals surface area contributed by atoms with E-state index < -0.39 is 11.4 Å². The summed E-state index contributed by atoms with van der Waals surface area (Å²) in [6.07, 6.45) is 1.88. The van der Waals surface area contributed by atoms with Crippen LogP contribution >= 0.6 is 27.5 Å². The van der Waals surface area contributed by atoms with Gasteiger partial charge >= 0.3 is 0 Å². The second kappa shape index (κ2) is 5.22. The molecule has 1 aromatic carbocycles. The van der Waals surface area contributed by atoms with Crippen molar-refractivity contribution in [1.29, 1.82) is 0 Å². The van der Waals surface area contributed by atoms with Crippen molar-refractivity contribution in [3.05, 3.63) is 33.0 Å². The van der Waals surface area contributed by atoms with E-state index in [2.05, 4.69) is 21.2 Å². The minimum atomic E-state index is -1.11. The zero-order chi connectivity index (χ0) is 12.5. The Labute approximate surface area is 113 Å². The molecule has 94 valence electrons. The van der Waals surface area contributed by atoms with Gasteiger partial charge in [-0.05, 0) is 54.3 Å². The van der Waals surface area contributed by atoms with E-state index in [0.717, 1.165) is 13.0 Å². The fraction of sp³-hybridized carbons (Fsp3) is 0.500. The molecular formula is C12H14BrClFNO. The molecule has 1 atom stereocenters. The van der Waals surface area contributed by atoms with Gasteiger partial charge in [0.15, 0.2) is 0 Å². The molecule has 0 saturated carbocycles. The summed E-state index contributed by atoms with van der Waals surface area (Å²) in [5, 5.41) is 13.8. The quantitative estimate of drug-likeness (QED) is 0.778. The molecule has 0 aliphatic carbocycles. The standard InChI is InChI=1S/C12H14BrClFNO/c13-9-3-2-8(11(15)10(9)14)12(17)4-1-6-16-7-5-12/h2-3,16-17H,1,4-7H2. The predicted molar refractivity (Wildman–Crippen MR) is 69.7 cm³/mol. The maximum atomic E-state index is 14.1. The number of hydrogen-bond donors (Lipinski definition) is 2. The molecule has 1 fully saturated rings. The van der Waals surface area contributed by atoms with E-state index >= 15 is 0 Å². The van der Waals surface area contributed by atoms with Gasteiger partial charge < -0.3 is 10.4 Å². The molecule has 1 aliphatic heterocycles. The molecule has 0 aromatic heterocycles. The van der Waals surface area contributed by atoms with Crippen LogP contribution in [0.5, 0.6) is 0 Å². The molecule has 17 heavy (non-hydrogen) atoms. The van der Waals surface area contributed by atoms with Crippen LogP contribution < -0.4 is 5.32 Å². The van der Waals surface area contributed by atoms with Crippen LogP contribution in [0.1, 0.15) is 24.8 Å². The minimum absolute atomic E-state index is 0.0353. The number of nitrogens with one attached hydrogen (secondary N) is 1. The normalized spacial score (nSPS) is 25.6. The largest absolute Gasteiger partial charge is 0.385 e. The smallest absolute Gasteiger partial charge is 0.149 e. The number of halogens is 3. The SMILES string of the molecule is OC1(c2ccc(Br)c(Cl)c2F)CCCNCC1. The molecule has 5 heteroatoms. The maximum absolute atomic E-state index is 14.1. The third-order valence-corrected chi connectivity index (χ3v) is 4.45. The Kier molecular flexibility index (Phi) is 4.08. The first kappa shape index (κ1) is 13.3. The first-order valence-corrected chi connectivity index (χ1v) is 6.79. The fourth-order valence-corrected chi connectivity index (χ4v) is 2.68. The van der Waals surface area contributed by atoms with E-state index in [1.165, 1.54) is 0 Å². The first-order valence-electron chi connectivity index (χ1n) is 5.62. The van der Waals surface area contributed by atoms with Gasteiger partial charge in [0.25, 0.3) is 0 Å². The zero-order valence-electron chi connectivity index (χ0n) is 9.27. The lowest BCUT2D eigenvalue weighted by atomic mass is 9.86. The highest BCUT2D eigenvalue weighted by Gasteiger charge is 2.33. The molecule has 0 spiro atoms. The monoisotopic (exact) mass is 321 g/mol. The Balaban J connectivity index is 2.41. The average Bonchev–Trinajstić information content (AvgIpc) is 2.52. The second-order valence-corrected chi connectivity index (χ2v) is 5.59. The molecule has 1 heterocycles. The van der Waals surface area contributed by atoms with Crippen molar-refractivity contribution in [3.8, 4) is 0 Å². The zero-order valence-corrected chi connectivity index (χ0v) is 11.6. The summed E-state index contributed by atoms with van der Waals surface area (Å²) < 4.78 is 14.6. The molecule has 0 bridgehead atoms. The Morgan fingerprint density at radius 1 is 1.35 bits per heavy atom. The van der Waals surface area contributed by atoms with E-state index in [0.29, 0.717) is 29.4 Å². The summed E-state index contributed by atoms with van der Waals surface area (Å²) in [7, 11) is 0. The van der Waals surface area contributed by atoms with Gasteiger partial charge in [0.05, 0.1) is 10.6 Å². The lowest BCUT2D eigenvalue weighted by Crippen LogP contribution is -2.28. The van der Waals surface area contributed by atoms with Crippen molar-refractivity contribution < 1.29 is 9.50 Å². The van der Waals surface area contributed by atoms with Gasteiger partial charge in [0.2, 0.25) is 0 Å². The molecule has 2 rings (SSSR count). The Bertz CT molecular complexity index is 419. The van der Waals surface area contributed by atoms with Crippen LogP contribution in [0.25, 0.3) is 0 Å². The number of benzene rings is 1. The summed E-state index contributed by atoms with van der Waals surface area (Å²) in [6.45, 7) is 1.54. The van der Waals surface area contributed by atoms with Crippen molar-refractivity contribution in [2.24, 2.45) is 0 Å². The first-order chi connectivity index (χ1) is 8.04. The van der Waals surface area contributed by atoms with E-state index in [4.69, 9.17) is 11.6 Å². The van der Waals surface area contributed by atoms with Gasteiger partial charge in [-0.2, -0.15) is 0 Å². The minimum Gasteiger partial charge on any atom is -0.385 e.